The van der Waals surface area contributed by atoms with Crippen LogP contribution in [0.2, 0.25) is 5.02 Å². The monoisotopic (exact) mass is 537 g/mol. The number of halogens is 1. The number of aromatic nitrogens is 2. The van der Waals surface area contributed by atoms with Crippen LogP contribution in [0, 0.1) is 0 Å². The van der Waals surface area contributed by atoms with Crippen LogP contribution in [0.15, 0.2) is 72.2 Å². The number of nitrogens with zero attached hydrogens (tertiary/aromatic N) is 5. The third kappa shape index (κ3) is 5.51. The summed E-state index contributed by atoms with van der Waals surface area (Å²) in [5.74, 6) is -0.999. The summed E-state index contributed by atoms with van der Waals surface area (Å²) in [7, 11) is 0. The van der Waals surface area contributed by atoms with E-state index < -0.39 is 5.79 Å². The van der Waals surface area contributed by atoms with Crippen LogP contribution in [0.4, 0.5) is 5.69 Å². The molecule has 10 heteroatoms. The third-order valence-electron chi connectivity index (χ3n) is 7.15. The molecule has 9 nitrogen and oxygen atoms in total. The first kappa shape index (κ1) is 25.2. The number of hydrogen-bond donors (Lipinski definition) is 0. The Morgan fingerprint density at radius 1 is 0.974 bits per heavy atom. The number of aliphatic imine (C=N–C) groups is 1. The van der Waals surface area contributed by atoms with Crippen LogP contribution in [0.5, 0.6) is 0 Å². The van der Waals surface area contributed by atoms with Crippen molar-refractivity contribution in [1.82, 2.24) is 14.5 Å². The number of ether oxygens (including phenoxy) is 4. The van der Waals surface area contributed by atoms with E-state index in [0.717, 1.165) is 49.9 Å². The molecular weight excluding hydrogens is 506 g/mol. The van der Waals surface area contributed by atoms with Crippen molar-refractivity contribution in [1.29, 1.82) is 0 Å². The minimum Gasteiger partial charge on any atom is -0.463 e. The largest absolute Gasteiger partial charge is 0.463 e. The highest BCUT2D eigenvalue weighted by Crippen LogP contribution is 2.37. The Morgan fingerprint density at radius 3 is 2.42 bits per heavy atom. The summed E-state index contributed by atoms with van der Waals surface area (Å²) in [6.07, 6.45) is 5.19. The molecule has 0 radical (unpaired) electrons. The first-order chi connectivity index (χ1) is 18.7. The molecule has 0 N–H and O–H groups in total. The minimum atomic E-state index is -0.999. The lowest BCUT2D eigenvalue weighted by atomic mass is 10.0. The lowest BCUT2D eigenvalue weighted by molar-refractivity contribution is -0.313. The zero-order valence-electron chi connectivity index (χ0n) is 21.2. The standard InChI is InChI=1S/C28H32ClN5O4/c29-26-4-2-1-3-25(26)28(20-32-11-9-30-21-32)37-18-24(19-38-28)36-17-22-5-7-23(8-6-22)33-12-14-34(15-13-33)27-31-10-16-35-27/h1-9,11,21,24H,10,12-20H2. The topological polar surface area (TPSA) is 73.6 Å². The Kier molecular flexibility index (Phi) is 7.51. The molecule has 3 aliphatic heterocycles. The van der Waals surface area contributed by atoms with Gasteiger partial charge in [-0.3, -0.25) is 0 Å². The van der Waals surface area contributed by atoms with Gasteiger partial charge in [-0.2, -0.15) is 0 Å². The Labute approximate surface area is 227 Å². The molecule has 2 saturated heterocycles. The van der Waals surface area contributed by atoms with Gasteiger partial charge in [0, 0.05) is 54.8 Å². The number of piperazine rings is 1. The van der Waals surface area contributed by atoms with E-state index >= 15 is 0 Å². The van der Waals surface area contributed by atoms with Crippen LogP contribution in [0.1, 0.15) is 11.1 Å². The molecule has 0 atom stereocenters. The van der Waals surface area contributed by atoms with Gasteiger partial charge < -0.3 is 33.3 Å². The number of benzene rings is 2. The molecule has 4 heterocycles. The van der Waals surface area contributed by atoms with Crippen molar-refractivity contribution in [2.45, 2.75) is 25.0 Å². The van der Waals surface area contributed by atoms with Crippen molar-refractivity contribution in [3.05, 3.63) is 83.4 Å². The maximum atomic E-state index is 6.54. The maximum Gasteiger partial charge on any atom is 0.287 e. The Morgan fingerprint density at radius 2 is 1.74 bits per heavy atom. The Hall–Kier alpha value is -3.11. The molecule has 3 aromatic rings. The second-order valence-corrected chi connectivity index (χ2v) is 10.1. The summed E-state index contributed by atoms with van der Waals surface area (Å²) in [5, 5.41) is 0.606. The summed E-state index contributed by atoms with van der Waals surface area (Å²) in [4.78, 5) is 13.2. The average Bonchev–Trinajstić information content (AvgIpc) is 3.69. The van der Waals surface area contributed by atoms with Gasteiger partial charge in [-0.15, -0.1) is 0 Å². The van der Waals surface area contributed by atoms with Crippen molar-refractivity contribution in [3.8, 4) is 0 Å². The normalized spacial score (nSPS) is 23.8. The van der Waals surface area contributed by atoms with Gasteiger partial charge in [-0.1, -0.05) is 41.9 Å². The minimum absolute atomic E-state index is 0.179. The van der Waals surface area contributed by atoms with Crippen LogP contribution in [-0.4, -0.2) is 79.1 Å². The molecule has 200 valence electrons. The molecule has 0 bridgehead atoms. The number of anilines is 1. The van der Waals surface area contributed by atoms with Crippen LogP contribution >= 0.6 is 11.6 Å². The Bertz CT molecular complexity index is 1220. The van der Waals surface area contributed by atoms with E-state index in [1.807, 2.05) is 35.0 Å². The van der Waals surface area contributed by atoms with E-state index in [1.165, 1.54) is 5.69 Å². The average molecular weight is 538 g/mol. The summed E-state index contributed by atoms with van der Waals surface area (Å²) in [6.45, 7) is 6.93. The van der Waals surface area contributed by atoms with Crippen LogP contribution in [0.25, 0.3) is 0 Å². The lowest BCUT2D eigenvalue weighted by Crippen LogP contribution is -2.48. The molecule has 0 saturated carbocycles. The third-order valence-corrected chi connectivity index (χ3v) is 7.48. The van der Waals surface area contributed by atoms with Gasteiger partial charge in [0.2, 0.25) is 5.79 Å². The van der Waals surface area contributed by atoms with E-state index in [1.54, 1.807) is 12.5 Å². The first-order valence-electron chi connectivity index (χ1n) is 13.0. The summed E-state index contributed by atoms with van der Waals surface area (Å²) in [6, 6.07) is 17.0. The molecule has 0 unspecified atom stereocenters. The molecular formula is C28H32ClN5O4. The molecule has 2 aromatic carbocycles. The molecule has 0 amide bonds. The van der Waals surface area contributed by atoms with Gasteiger partial charge in [0.15, 0.2) is 0 Å². The predicted molar refractivity (Wildman–Crippen MR) is 144 cm³/mol. The van der Waals surface area contributed by atoms with Crippen LogP contribution in [-0.2, 0) is 37.9 Å². The van der Waals surface area contributed by atoms with Crippen molar-refractivity contribution in [2.24, 2.45) is 4.99 Å². The molecule has 38 heavy (non-hydrogen) atoms. The van der Waals surface area contributed by atoms with Crippen molar-refractivity contribution < 1.29 is 18.9 Å². The molecule has 6 rings (SSSR count). The van der Waals surface area contributed by atoms with Gasteiger partial charge in [0.1, 0.15) is 12.7 Å². The fourth-order valence-electron chi connectivity index (χ4n) is 5.05. The van der Waals surface area contributed by atoms with E-state index in [2.05, 4.69) is 44.0 Å². The summed E-state index contributed by atoms with van der Waals surface area (Å²) >= 11 is 6.54. The second kappa shape index (κ2) is 11.3. The SMILES string of the molecule is Clc1ccccc1C1(Cn2ccnc2)OCC(OCc2ccc(N3CCN(C4=NCCO4)CC3)cc2)CO1. The van der Waals surface area contributed by atoms with Gasteiger partial charge in [-0.25, -0.2) is 9.98 Å². The summed E-state index contributed by atoms with van der Waals surface area (Å²) < 4.78 is 26.4. The van der Waals surface area contributed by atoms with E-state index in [0.29, 0.717) is 38.0 Å². The van der Waals surface area contributed by atoms with E-state index in [9.17, 15) is 0 Å². The maximum absolute atomic E-state index is 6.54. The van der Waals surface area contributed by atoms with Gasteiger partial charge >= 0.3 is 0 Å². The van der Waals surface area contributed by atoms with E-state index in [4.69, 9.17) is 30.5 Å². The molecule has 2 fully saturated rings. The fourth-order valence-corrected chi connectivity index (χ4v) is 5.33. The molecule has 0 aliphatic carbocycles. The summed E-state index contributed by atoms with van der Waals surface area (Å²) in [5.41, 5.74) is 3.13. The highest BCUT2D eigenvalue weighted by atomic mass is 35.5. The highest BCUT2D eigenvalue weighted by Gasteiger charge is 2.41. The predicted octanol–water partition coefficient (Wildman–Crippen LogP) is 3.53. The number of imidazole rings is 1. The quantitative estimate of drug-likeness (QED) is 0.456. The van der Waals surface area contributed by atoms with E-state index in [-0.39, 0.29) is 6.10 Å². The zero-order valence-corrected chi connectivity index (χ0v) is 22.0. The van der Waals surface area contributed by atoms with Gasteiger partial charge in [0.05, 0.1) is 39.2 Å². The van der Waals surface area contributed by atoms with Gasteiger partial charge in [-0.05, 0) is 23.8 Å². The number of hydrogen-bond acceptors (Lipinski definition) is 8. The molecule has 0 spiro atoms. The van der Waals surface area contributed by atoms with Crippen molar-refractivity contribution in [2.75, 3.05) is 57.4 Å². The molecule has 1 aromatic heterocycles. The van der Waals surface area contributed by atoms with Crippen LogP contribution < -0.4 is 4.90 Å². The van der Waals surface area contributed by atoms with Crippen molar-refractivity contribution >= 4 is 23.3 Å². The zero-order chi connectivity index (χ0) is 25.8. The first-order valence-corrected chi connectivity index (χ1v) is 13.4. The fraction of sp³-hybridized carbons (Fsp3) is 0.429. The lowest BCUT2D eigenvalue weighted by Gasteiger charge is -2.40. The van der Waals surface area contributed by atoms with Crippen LogP contribution in [0.3, 0.4) is 0 Å². The molecule has 3 aliphatic rings. The second-order valence-electron chi connectivity index (χ2n) is 9.68. The number of rotatable bonds is 7. The highest BCUT2D eigenvalue weighted by molar-refractivity contribution is 6.31. The van der Waals surface area contributed by atoms with Gasteiger partial charge in [0.25, 0.3) is 6.02 Å². The Balaban J connectivity index is 1.02. The number of amidine groups is 1. The smallest absolute Gasteiger partial charge is 0.287 e. The van der Waals surface area contributed by atoms with Crippen molar-refractivity contribution in [3.63, 3.8) is 0 Å².